The molecule has 0 aromatic carbocycles. The van der Waals surface area contributed by atoms with Crippen molar-refractivity contribution in [3.63, 3.8) is 0 Å². The van der Waals surface area contributed by atoms with Crippen LogP contribution in [-0.4, -0.2) is 23.4 Å². The average molecular weight is 260 g/mol. The molecule has 19 heavy (non-hydrogen) atoms. The summed E-state index contributed by atoms with van der Waals surface area (Å²) in [4.78, 5) is 0. The monoisotopic (exact) mass is 260 g/mol. The van der Waals surface area contributed by atoms with Crippen LogP contribution in [0.4, 0.5) is 0 Å². The molecule has 0 bridgehead atoms. The third kappa shape index (κ3) is 7.73. The molecule has 1 fully saturated rings. The fraction of sp³-hybridized carbons (Fsp3) is 0.647. The Balaban J connectivity index is 2.03. The van der Waals surface area contributed by atoms with Crippen LogP contribution in [0.3, 0.4) is 0 Å². The molecule has 2 heteroatoms. The van der Waals surface area contributed by atoms with Crippen LogP contribution in [0, 0.1) is 23.7 Å². The highest BCUT2D eigenvalue weighted by Gasteiger charge is 2.36. The van der Waals surface area contributed by atoms with Gasteiger partial charge >= 0.3 is 0 Å². The van der Waals surface area contributed by atoms with Crippen molar-refractivity contribution >= 4 is 0 Å². The molecule has 1 saturated heterocycles. The van der Waals surface area contributed by atoms with E-state index >= 15 is 0 Å². The molecule has 1 aliphatic rings. The molecule has 0 unspecified atom stereocenters. The predicted molar refractivity (Wildman–Crippen MR) is 78.4 cm³/mol. The Kier molecular flexibility index (Phi) is 8.07. The maximum atomic E-state index is 9.10. The summed E-state index contributed by atoms with van der Waals surface area (Å²) < 4.78 is 5.56. The molecule has 1 heterocycles. The molecule has 0 aromatic heterocycles. The normalized spacial score (nSPS) is 21.6. The third-order valence-electron chi connectivity index (χ3n) is 3.18. The molecule has 0 aliphatic carbocycles. The summed E-state index contributed by atoms with van der Waals surface area (Å²) in [7, 11) is 0. The maximum absolute atomic E-state index is 9.10. The summed E-state index contributed by atoms with van der Waals surface area (Å²) in [6.07, 6.45) is 9.80. The molecular formula is C17H24O2. The Labute approximate surface area is 117 Å². The first kappa shape index (κ1) is 15.8. The molecule has 0 saturated carbocycles. The fourth-order valence-corrected chi connectivity index (χ4v) is 1.93. The van der Waals surface area contributed by atoms with Gasteiger partial charge in [0.05, 0.1) is 12.2 Å². The number of rotatable bonds is 8. The first-order chi connectivity index (χ1) is 9.27. The maximum Gasteiger partial charge on any atom is 0.134 e. The van der Waals surface area contributed by atoms with Crippen molar-refractivity contribution in [1.29, 1.82) is 0 Å². The quantitative estimate of drug-likeness (QED) is 0.315. The van der Waals surface area contributed by atoms with Crippen molar-refractivity contribution < 1.29 is 9.84 Å². The van der Waals surface area contributed by atoms with Crippen LogP contribution < -0.4 is 0 Å². The highest BCUT2D eigenvalue weighted by molar-refractivity contribution is 5.29. The molecule has 104 valence electrons. The van der Waals surface area contributed by atoms with E-state index in [1.165, 1.54) is 38.2 Å². The summed E-state index contributed by atoms with van der Waals surface area (Å²) in [5.74, 6) is 10.9. The second kappa shape index (κ2) is 9.68. The first-order valence-corrected chi connectivity index (χ1v) is 7.22. The van der Waals surface area contributed by atoms with Gasteiger partial charge in [0.2, 0.25) is 0 Å². The fourth-order valence-electron chi connectivity index (χ4n) is 1.93. The van der Waals surface area contributed by atoms with Gasteiger partial charge in [0.15, 0.2) is 0 Å². The zero-order valence-electron chi connectivity index (χ0n) is 11.8. The minimum atomic E-state index is -0.776. The Morgan fingerprint density at radius 2 is 2.00 bits per heavy atom. The molecule has 1 aliphatic heterocycles. The molecule has 2 nitrogen and oxygen atoms in total. The van der Waals surface area contributed by atoms with Crippen LogP contribution >= 0.6 is 0 Å². The SMILES string of the molecule is C=C[C@@H](O)C#CC#CC[C@@H]1O[C@@H]1CCCCCCC. The summed E-state index contributed by atoms with van der Waals surface area (Å²) in [5, 5.41) is 9.10. The second-order valence-corrected chi connectivity index (χ2v) is 4.87. The number of hydrogen-bond acceptors (Lipinski definition) is 2. The van der Waals surface area contributed by atoms with E-state index in [1.807, 2.05) is 0 Å². The molecule has 0 radical (unpaired) electrons. The van der Waals surface area contributed by atoms with Crippen molar-refractivity contribution in [2.24, 2.45) is 0 Å². The van der Waals surface area contributed by atoms with Crippen LogP contribution in [0.1, 0.15) is 51.9 Å². The Morgan fingerprint density at radius 1 is 1.21 bits per heavy atom. The van der Waals surface area contributed by atoms with Crippen molar-refractivity contribution in [3.8, 4) is 23.7 Å². The highest BCUT2D eigenvalue weighted by Crippen LogP contribution is 2.29. The van der Waals surface area contributed by atoms with Crippen molar-refractivity contribution in [2.45, 2.75) is 70.2 Å². The molecular weight excluding hydrogens is 236 g/mol. The van der Waals surface area contributed by atoms with Crippen LogP contribution in [-0.2, 0) is 4.74 Å². The van der Waals surface area contributed by atoms with E-state index in [9.17, 15) is 0 Å². The van der Waals surface area contributed by atoms with E-state index in [2.05, 4.69) is 37.2 Å². The van der Waals surface area contributed by atoms with Crippen LogP contribution in [0.5, 0.6) is 0 Å². The standard InChI is InChI=1S/C17H24O2/c1-3-5-6-7-10-13-16-17(19-16)14-11-8-9-12-15(18)4-2/h4,15-18H,2-3,5-7,10,13-14H2,1H3/t15-,16-,17+/m1/s1. The number of aliphatic hydroxyl groups is 1. The molecule has 3 atom stereocenters. The lowest BCUT2D eigenvalue weighted by Gasteiger charge is -1.96. The molecule has 0 aromatic rings. The van der Waals surface area contributed by atoms with Crippen LogP contribution in [0.2, 0.25) is 0 Å². The summed E-state index contributed by atoms with van der Waals surface area (Å²) in [6, 6.07) is 0. The van der Waals surface area contributed by atoms with Gasteiger partial charge in [-0.3, -0.25) is 0 Å². The Morgan fingerprint density at radius 3 is 2.74 bits per heavy atom. The topological polar surface area (TPSA) is 32.8 Å². The molecule has 0 spiro atoms. The van der Waals surface area contributed by atoms with Gasteiger partial charge < -0.3 is 9.84 Å². The summed E-state index contributed by atoms with van der Waals surface area (Å²) >= 11 is 0. The van der Waals surface area contributed by atoms with Gasteiger partial charge in [0.25, 0.3) is 0 Å². The van der Waals surface area contributed by atoms with E-state index in [1.54, 1.807) is 0 Å². The Bertz CT molecular complexity index is 378. The number of hydrogen-bond donors (Lipinski definition) is 1. The van der Waals surface area contributed by atoms with Crippen LogP contribution in [0.15, 0.2) is 12.7 Å². The van der Waals surface area contributed by atoms with E-state index in [0.29, 0.717) is 12.2 Å². The second-order valence-electron chi connectivity index (χ2n) is 4.87. The van der Waals surface area contributed by atoms with Gasteiger partial charge in [-0.25, -0.2) is 0 Å². The number of unbranched alkanes of at least 4 members (excludes halogenated alkanes) is 4. The van der Waals surface area contributed by atoms with E-state index in [4.69, 9.17) is 9.84 Å². The van der Waals surface area contributed by atoms with Gasteiger partial charge in [-0.2, -0.15) is 0 Å². The van der Waals surface area contributed by atoms with Crippen molar-refractivity contribution in [1.82, 2.24) is 0 Å². The molecule has 1 N–H and O–H groups in total. The zero-order valence-corrected chi connectivity index (χ0v) is 11.8. The van der Waals surface area contributed by atoms with Gasteiger partial charge in [-0.15, -0.1) is 0 Å². The lowest BCUT2D eigenvalue weighted by atomic mass is 10.1. The average Bonchev–Trinajstić information content (AvgIpc) is 3.16. The minimum Gasteiger partial charge on any atom is -0.377 e. The van der Waals surface area contributed by atoms with Crippen molar-refractivity contribution in [3.05, 3.63) is 12.7 Å². The lowest BCUT2D eigenvalue weighted by Crippen LogP contribution is -1.94. The number of epoxide rings is 1. The summed E-state index contributed by atoms with van der Waals surface area (Å²) in [6.45, 7) is 5.67. The van der Waals surface area contributed by atoms with E-state index in [0.717, 1.165) is 12.8 Å². The molecule has 1 rings (SSSR count). The van der Waals surface area contributed by atoms with Crippen LogP contribution in [0.25, 0.3) is 0 Å². The van der Waals surface area contributed by atoms with E-state index in [-0.39, 0.29) is 0 Å². The number of ether oxygens (including phenoxy) is 1. The number of aliphatic hydroxyl groups excluding tert-OH is 1. The van der Waals surface area contributed by atoms with Crippen molar-refractivity contribution in [2.75, 3.05) is 0 Å². The van der Waals surface area contributed by atoms with Gasteiger partial charge in [-0.1, -0.05) is 63.5 Å². The zero-order chi connectivity index (χ0) is 13.9. The van der Waals surface area contributed by atoms with E-state index < -0.39 is 6.10 Å². The molecule has 0 amide bonds. The van der Waals surface area contributed by atoms with Gasteiger partial charge in [0, 0.05) is 6.42 Å². The smallest absolute Gasteiger partial charge is 0.134 e. The first-order valence-electron chi connectivity index (χ1n) is 7.22. The predicted octanol–water partition coefficient (Wildman–Crippen LogP) is 3.06. The van der Waals surface area contributed by atoms with Gasteiger partial charge in [-0.05, 0) is 18.3 Å². The third-order valence-corrected chi connectivity index (χ3v) is 3.18. The van der Waals surface area contributed by atoms with Gasteiger partial charge in [0.1, 0.15) is 6.10 Å². The summed E-state index contributed by atoms with van der Waals surface area (Å²) in [5.41, 5.74) is 0. The minimum absolute atomic E-state index is 0.310. The lowest BCUT2D eigenvalue weighted by molar-refractivity contribution is 0.281. The highest BCUT2D eigenvalue weighted by atomic mass is 16.6. The Hall–Kier alpha value is -1.22. The largest absolute Gasteiger partial charge is 0.377 e.